The van der Waals surface area contributed by atoms with E-state index in [-0.39, 0.29) is 11.9 Å². The number of amides is 1. The number of carbonyl (C=O) groups excluding carboxylic acids is 1. The van der Waals surface area contributed by atoms with Crippen molar-refractivity contribution in [2.24, 2.45) is 11.3 Å². The fourth-order valence-corrected chi connectivity index (χ4v) is 2.44. The van der Waals surface area contributed by atoms with Gasteiger partial charge in [0.15, 0.2) is 0 Å². The van der Waals surface area contributed by atoms with Gasteiger partial charge in [-0.15, -0.1) is 0 Å². The molecule has 0 radical (unpaired) electrons. The number of hydrogen-bond donors (Lipinski definition) is 1. The summed E-state index contributed by atoms with van der Waals surface area (Å²) >= 11 is 0. The molecule has 1 aliphatic rings. The molecule has 0 spiro atoms. The van der Waals surface area contributed by atoms with Crippen molar-refractivity contribution >= 4 is 11.9 Å². The van der Waals surface area contributed by atoms with Gasteiger partial charge in [0.25, 0.3) is 0 Å². The Bertz CT molecular complexity index is 317. The lowest BCUT2D eigenvalue weighted by atomic mass is 10.0. The van der Waals surface area contributed by atoms with Gasteiger partial charge in [0, 0.05) is 12.6 Å². The standard InChI is InChI=1S/C14H25NO3/c1-5-11(6-2)15(9-10(3)4)12(16)14(7-8-14)13(17)18/h10-11H,5-9H2,1-4H3,(H,17,18). The van der Waals surface area contributed by atoms with Crippen LogP contribution in [0, 0.1) is 11.3 Å². The third-order valence-corrected chi connectivity index (χ3v) is 3.77. The molecule has 0 aliphatic heterocycles. The van der Waals surface area contributed by atoms with Crippen LogP contribution in [-0.4, -0.2) is 34.5 Å². The summed E-state index contributed by atoms with van der Waals surface area (Å²) in [5.74, 6) is -0.760. The minimum absolute atomic E-state index is 0.164. The van der Waals surface area contributed by atoms with Gasteiger partial charge in [-0.3, -0.25) is 9.59 Å². The molecule has 18 heavy (non-hydrogen) atoms. The number of hydrogen-bond acceptors (Lipinski definition) is 2. The number of rotatable bonds is 7. The van der Waals surface area contributed by atoms with Crippen molar-refractivity contribution in [2.75, 3.05) is 6.54 Å². The molecule has 0 aromatic carbocycles. The second-order valence-electron chi connectivity index (χ2n) is 5.71. The van der Waals surface area contributed by atoms with E-state index in [9.17, 15) is 14.7 Å². The van der Waals surface area contributed by atoms with E-state index in [1.54, 1.807) is 0 Å². The molecule has 1 rings (SSSR count). The molecule has 1 N–H and O–H groups in total. The predicted molar refractivity (Wildman–Crippen MR) is 70.2 cm³/mol. The largest absolute Gasteiger partial charge is 0.480 e. The minimum Gasteiger partial charge on any atom is -0.480 e. The number of aliphatic carboxylic acids is 1. The quantitative estimate of drug-likeness (QED) is 0.711. The Balaban J connectivity index is 2.89. The van der Waals surface area contributed by atoms with Crippen LogP contribution in [0.2, 0.25) is 0 Å². The number of carboxylic acid groups (broad SMARTS) is 1. The molecule has 0 saturated heterocycles. The van der Waals surface area contributed by atoms with E-state index in [0.717, 1.165) is 12.8 Å². The summed E-state index contributed by atoms with van der Waals surface area (Å²) in [7, 11) is 0. The fraction of sp³-hybridized carbons (Fsp3) is 0.857. The van der Waals surface area contributed by atoms with Crippen molar-refractivity contribution in [1.82, 2.24) is 4.90 Å². The van der Waals surface area contributed by atoms with E-state index in [2.05, 4.69) is 27.7 Å². The van der Waals surface area contributed by atoms with Gasteiger partial charge in [-0.2, -0.15) is 0 Å². The van der Waals surface area contributed by atoms with E-state index in [1.807, 2.05) is 4.90 Å². The highest BCUT2D eigenvalue weighted by Gasteiger charge is 2.59. The first-order valence-electron chi connectivity index (χ1n) is 6.93. The van der Waals surface area contributed by atoms with Gasteiger partial charge in [-0.05, 0) is 31.6 Å². The summed E-state index contributed by atoms with van der Waals surface area (Å²) in [4.78, 5) is 25.6. The Labute approximate surface area is 109 Å². The van der Waals surface area contributed by atoms with Crippen LogP contribution in [0.1, 0.15) is 53.4 Å². The predicted octanol–water partition coefficient (Wildman–Crippen LogP) is 2.52. The molecular formula is C14H25NO3. The molecule has 0 bridgehead atoms. The van der Waals surface area contributed by atoms with E-state index < -0.39 is 11.4 Å². The third kappa shape index (κ3) is 2.85. The first-order valence-corrected chi connectivity index (χ1v) is 6.93. The molecule has 104 valence electrons. The first kappa shape index (κ1) is 15.0. The fourth-order valence-electron chi connectivity index (χ4n) is 2.44. The molecule has 1 aliphatic carbocycles. The monoisotopic (exact) mass is 255 g/mol. The Morgan fingerprint density at radius 1 is 1.22 bits per heavy atom. The Morgan fingerprint density at radius 3 is 2.00 bits per heavy atom. The van der Waals surface area contributed by atoms with Crippen LogP contribution in [-0.2, 0) is 9.59 Å². The summed E-state index contributed by atoms with van der Waals surface area (Å²) in [5.41, 5.74) is -1.10. The molecular weight excluding hydrogens is 230 g/mol. The molecule has 4 heteroatoms. The maximum atomic E-state index is 12.5. The van der Waals surface area contributed by atoms with Crippen LogP contribution in [0.15, 0.2) is 0 Å². The van der Waals surface area contributed by atoms with E-state index >= 15 is 0 Å². The Hall–Kier alpha value is -1.06. The van der Waals surface area contributed by atoms with Crippen molar-refractivity contribution < 1.29 is 14.7 Å². The van der Waals surface area contributed by atoms with Gasteiger partial charge in [0.2, 0.25) is 5.91 Å². The lowest BCUT2D eigenvalue weighted by Crippen LogP contribution is -2.47. The summed E-state index contributed by atoms with van der Waals surface area (Å²) in [6, 6.07) is 0.164. The number of carbonyl (C=O) groups is 2. The topological polar surface area (TPSA) is 57.6 Å². The van der Waals surface area contributed by atoms with Crippen molar-refractivity contribution in [1.29, 1.82) is 0 Å². The Morgan fingerprint density at radius 2 is 1.72 bits per heavy atom. The van der Waals surface area contributed by atoms with E-state index in [1.165, 1.54) is 0 Å². The van der Waals surface area contributed by atoms with Crippen molar-refractivity contribution in [3.63, 3.8) is 0 Å². The number of nitrogens with zero attached hydrogens (tertiary/aromatic N) is 1. The highest BCUT2D eigenvalue weighted by molar-refractivity contribution is 6.04. The van der Waals surface area contributed by atoms with Crippen LogP contribution in [0.25, 0.3) is 0 Å². The van der Waals surface area contributed by atoms with Crippen molar-refractivity contribution in [3.8, 4) is 0 Å². The zero-order valence-electron chi connectivity index (χ0n) is 11.9. The zero-order chi connectivity index (χ0) is 13.9. The number of carboxylic acids is 1. The highest BCUT2D eigenvalue weighted by Crippen LogP contribution is 2.48. The van der Waals surface area contributed by atoms with Gasteiger partial charge in [-0.1, -0.05) is 27.7 Å². The molecule has 1 saturated carbocycles. The van der Waals surface area contributed by atoms with Gasteiger partial charge in [-0.25, -0.2) is 0 Å². The highest BCUT2D eigenvalue weighted by atomic mass is 16.4. The molecule has 4 nitrogen and oxygen atoms in total. The first-order chi connectivity index (χ1) is 8.39. The van der Waals surface area contributed by atoms with Crippen LogP contribution in [0.4, 0.5) is 0 Å². The average molecular weight is 255 g/mol. The smallest absolute Gasteiger partial charge is 0.319 e. The molecule has 1 fully saturated rings. The zero-order valence-corrected chi connectivity index (χ0v) is 11.9. The molecule has 1 amide bonds. The summed E-state index contributed by atoms with van der Waals surface area (Å²) in [6.45, 7) is 8.87. The summed E-state index contributed by atoms with van der Waals surface area (Å²) < 4.78 is 0. The molecule has 0 atom stereocenters. The maximum absolute atomic E-state index is 12.5. The lowest BCUT2D eigenvalue weighted by Gasteiger charge is -2.34. The molecule has 0 unspecified atom stereocenters. The van der Waals surface area contributed by atoms with Crippen LogP contribution in [0.5, 0.6) is 0 Å². The second-order valence-corrected chi connectivity index (χ2v) is 5.71. The van der Waals surface area contributed by atoms with Crippen LogP contribution >= 0.6 is 0 Å². The minimum atomic E-state index is -1.10. The normalized spacial score (nSPS) is 17.0. The molecule has 0 aromatic rings. The van der Waals surface area contributed by atoms with Crippen molar-refractivity contribution in [2.45, 2.75) is 59.4 Å². The lowest BCUT2D eigenvalue weighted by molar-refractivity contribution is -0.155. The summed E-state index contributed by atoms with van der Waals surface area (Å²) in [5, 5.41) is 9.24. The van der Waals surface area contributed by atoms with Gasteiger partial charge >= 0.3 is 5.97 Å². The van der Waals surface area contributed by atoms with Crippen LogP contribution < -0.4 is 0 Å². The van der Waals surface area contributed by atoms with Crippen molar-refractivity contribution in [3.05, 3.63) is 0 Å². The SMILES string of the molecule is CCC(CC)N(CC(C)C)C(=O)C1(C(=O)O)CC1. The van der Waals surface area contributed by atoms with Gasteiger partial charge in [0.05, 0.1) is 0 Å². The summed E-state index contributed by atoms with van der Waals surface area (Å²) in [6.07, 6.45) is 2.75. The van der Waals surface area contributed by atoms with E-state index in [0.29, 0.717) is 25.3 Å². The molecule has 0 heterocycles. The Kier molecular flexibility index (Phi) is 4.77. The average Bonchev–Trinajstić information content (AvgIpc) is 3.09. The maximum Gasteiger partial charge on any atom is 0.319 e. The van der Waals surface area contributed by atoms with Crippen LogP contribution in [0.3, 0.4) is 0 Å². The van der Waals surface area contributed by atoms with Gasteiger partial charge in [0.1, 0.15) is 5.41 Å². The second kappa shape index (κ2) is 5.72. The van der Waals surface area contributed by atoms with Gasteiger partial charge < -0.3 is 10.0 Å². The van der Waals surface area contributed by atoms with E-state index in [4.69, 9.17) is 0 Å². The molecule has 0 aromatic heterocycles. The third-order valence-electron chi connectivity index (χ3n) is 3.77.